The molecule has 0 atom stereocenters. The lowest BCUT2D eigenvalue weighted by molar-refractivity contribution is 0.361. The first-order chi connectivity index (χ1) is 9.75. The van der Waals surface area contributed by atoms with E-state index in [4.69, 9.17) is 0 Å². The van der Waals surface area contributed by atoms with Crippen molar-refractivity contribution in [2.75, 3.05) is 6.54 Å². The van der Waals surface area contributed by atoms with Crippen molar-refractivity contribution >= 4 is 11.0 Å². The SMILES string of the molecule is Cn1ncc2c(=O)n(CCNC3CCCCC3)nnc21. The quantitative estimate of drug-likeness (QED) is 0.877. The Hall–Kier alpha value is -1.76. The summed E-state index contributed by atoms with van der Waals surface area (Å²) in [5.74, 6) is 0. The van der Waals surface area contributed by atoms with Crippen LogP contribution in [0.3, 0.4) is 0 Å². The van der Waals surface area contributed by atoms with Gasteiger partial charge in [-0.15, -0.1) is 5.10 Å². The maximum absolute atomic E-state index is 12.2. The van der Waals surface area contributed by atoms with Gasteiger partial charge < -0.3 is 5.32 Å². The van der Waals surface area contributed by atoms with Gasteiger partial charge in [-0.3, -0.25) is 4.79 Å². The molecular weight excluding hydrogens is 256 g/mol. The van der Waals surface area contributed by atoms with Crippen LogP contribution in [0.2, 0.25) is 0 Å². The molecule has 3 rings (SSSR count). The Kier molecular flexibility index (Phi) is 3.77. The highest BCUT2D eigenvalue weighted by molar-refractivity contribution is 5.72. The molecule has 1 N–H and O–H groups in total. The summed E-state index contributed by atoms with van der Waals surface area (Å²) in [6.45, 7) is 1.30. The van der Waals surface area contributed by atoms with E-state index in [1.807, 2.05) is 0 Å². The van der Waals surface area contributed by atoms with Gasteiger partial charge >= 0.3 is 0 Å². The predicted molar refractivity (Wildman–Crippen MR) is 75.4 cm³/mol. The summed E-state index contributed by atoms with van der Waals surface area (Å²) in [7, 11) is 1.76. The zero-order chi connectivity index (χ0) is 13.9. The van der Waals surface area contributed by atoms with Crippen LogP contribution >= 0.6 is 0 Å². The molecule has 1 aliphatic rings. The number of rotatable bonds is 4. The molecule has 1 aliphatic carbocycles. The van der Waals surface area contributed by atoms with Gasteiger partial charge in [0.1, 0.15) is 5.39 Å². The standard InChI is InChI=1S/C13H20N6O/c1-18-12-11(9-15-18)13(20)19(17-16-12)8-7-14-10-5-3-2-4-6-10/h9-10,14H,2-8H2,1H3. The summed E-state index contributed by atoms with van der Waals surface area (Å²) < 4.78 is 2.98. The molecule has 0 unspecified atom stereocenters. The van der Waals surface area contributed by atoms with Gasteiger partial charge in [0, 0.05) is 19.6 Å². The van der Waals surface area contributed by atoms with Gasteiger partial charge in [0.05, 0.1) is 12.7 Å². The minimum atomic E-state index is -0.117. The van der Waals surface area contributed by atoms with Crippen LogP contribution in [0.4, 0.5) is 0 Å². The maximum atomic E-state index is 12.2. The molecule has 2 aromatic rings. The summed E-state index contributed by atoms with van der Waals surface area (Å²) in [6.07, 6.45) is 7.99. The van der Waals surface area contributed by atoms with E-state index >= 15 is 0 Å². The molecule has 0 amide bonds. The highest BCUT2D eigenvalue weighted by Crippen LogP contribution is 2.16. The third-order valence-corrected chi connectivity index (χ3v) is 3.98. The van der Waals surface area contributed by atoms with Crippen molar-refractivity contribution in [3.8, 4) is 0 Å². The highest BCUT2D eigenvalue weighted by Gasteiger charge is 2.13. The number of aryl methyl sites for hydroxylation is 1. The van der Waals surface area contributed by atoms with Gasteiger partial charge in [-0.1, -0.05) is 24.5 Å². The van der Waals surface area contributed by atoms with Gasteiger partial charge in [0.15, 0.2) is 5.65 Å². The lowest BCUT2D eigenvalue weighted by Crippen LogP contribution is -2.36. The molecule has 0 aromatic carbocycles. The van der Waals surface area contributed by atoms with Gasteiger partial charge in [0.25, 0.3) is 5.56 Å². The summed E-state index contributed by atoms with van der Waals surface area (Å²) in [4.78, 5) is 12.2. The van der Waals surface area contributed by atoms with Crippen molar-refractivity contribution in [3.05, 3.63) is 16.6 Å². The first kappa shape index (κ1) is 13.2. The van der Waals surface area contributed by atoms with E-state index in [-0.39, 0.29) is 5.56 Å². The molecule has 0 spiro atoms. The molecule has 20 heavy (non-hydrogen) atoms. The predicted octanol–water partition coefficient (Wildman–Crippen LogP) is 0.447. The number of hydrogen-bond acceptors (Lipinski definition) is 5. The van der Waals surface area contributed by atoms with Crippen molar-refractivity contribution < 1.29 is 0 Å². The number of nitrogens with zero attached hydrogens (tertiary/aromatic N) is 5. The summed E-state index contributed by atoms with van der Waals surface area (Å²) in [5, 5.41) is 16.1. The lowest BCUT2D eigenvalue weighted by atomic mass is 9.95. The monoisotopic (exact) mass is 276 g/mol. The topological polar surface area (TPSA) is 77.6 Å². The van der Waals surface area contributed by atoms with Crippen molar-refractivity contribution in [2.45, 2.75) is 44.7 Å². The number of aromatic nitrogens is 5. The Morgan fingerprint density at radius 2 is 2.15 bits per heavy atom. The van der Waals surface area contributed by atoms with Crippen molar-refractivity contribution in [1.29, 1.82) is 0 Å². The molecule has 2 heterocycles. The van der Waals surface area contributed by atoms with Crippen molar-refractivity contribution in [1.82, 2.24) is 30.1 Å². The third kappa shape index (κ3) is 2.58. The van der Waals surface area contributed by atoms with E-state index in [1.165, 1.54) is 36.8 Å². The molecule has 1 saturated carbocycles. The average Bonchev–Trinajstić information content (AvgIpc) is 2.85. The van der Waals surface area contributed by atoms with Gasteiger partial charge in [0.2, 0.25) is 0 Å². The second-order valence-corrected chi connectivity index (χ2v) is 5.41. The maximum Gasteiger partial charge on any atom is 0.280 e. The highest BCUT2D eigenvalue weighted by atomic mass is 16.1. The number of nitrogens with one attached hydrogen (secondary N) is 1. The van der Waals surface area contributed by atoms with Crippen LogP contribution in [-0.4, -0.2) is 37.4 Å². The average molecular weight is 276 g/mol. The Morgan fingerprint density at radius 3 is 2.95 bits per heavy atom. The minimum Gasteiger partial charge on any atom is -0.312 e. The van der Waals surface area contributed by atoms with Crippen molar-refractivity contribution in [3.63, 3.8) is 0 Å². The third-order valence-electron chi connectivity index (χ3n) is 3.98. The normalized spacial score (nSPS) is 16.9. The Morgan fingerprint density at radius 1 is 1.35 bits per heavy atom. The fraction of sp³-hybridized carbons (Fsp3) is 0.692. The molecule has 1 fully saturated rings. The van der Waals surface area contributed by atoms with Crippen molar-refractivity contribution in [2.24, 2.45) is 7.05 Å². The second-order valence-electron chi connectivity index (χ2n) is 5.41. The fourth-order valence-corrected chi connectivity index (χ4v) is 2.80. The first-order valence-electron chi connectivity index (χ1n) is 7.24. The zero-order valence-corrected chi connectivity index (χ0v) is 11.7. The zero-order valence-electron chi connectivity index (χ0n) is 11.7. The molecule has 0 radical (unpaired) electrons. The number of hydrogen-bond donors (Lipinski definition) is 1. The van der Waals surface area contributed by atoms with Crippen LogP contribution in [-0.2, 0) is 13.6 Å². The van der Waals surface area contributed by atoms with E-state index in [0.717, 1.165) is 6.54 Å². The van der Waals surface area contributed by atoms with E-state index in [0.29, 0.717) is 23.6 Å². The molecule has 0 saturated heterocycles. The largest absolute Gasteiger partial charge is 0.312 e. The van der Waals surface area contributed by atoms with E-state index in [9.17, 15) is 4.79 Å². The smallest absolute Gasteiger partial charge is 0.280 e. The van der Waals surface area contributed by atoms with Crippen LogP contribution < -0.4 is 10.9 Å². The van der Waals surface area contributed by atoms with Crippen LogP contribution in [0, 0.1) is 0 Å². The fourth-order valence-electron chi connectivity index (χ4n) is 2.80. The van der Waals surface area contributed by atoms with Gasteiger partial charge in [-0.2, -0.15) is 5.10 Å². The Bertz CT molecular complexity index is 640. The van der Waals surface area contributed by atoms with Crippen LogP contribution in [0.5, 0.6) is 0 Å². The molecule has 0 aliphatic heterocycles. The Labute approximate surface area is 117 Å². The lowest BCUT2D eigenvalue weighted by Gasteiger charge is -2.22. The molecule has 108 valence electrons. The number of fused-ring (bicyclic) bond motifs is 1. The van der Waals surface area contributed by atoms with Crippen LogP contribution in [0.15, 0.2) is 11.0 Å². The molecule has 7 heteroatoms. The molecule has 0 bridgehead atoms. The first-order valence-corrected chi connectivity index (χ1v) is 7.24. The van der Waals surface area contributed by atoms with E-state index in [2.05, 4.69) is 20.7 Å². The minimum absolute atomic E-state index is 0.117. The van der Waals surface area contributed by atoms with E-state index < -0.39 is 0 Å². The molecule has 7 nitrogen and oxygen atoms in total. The van der Waals surface area contributed by atoms with Gasteiger partial charge in [-0.25, -0.2) is 9.36 Å². The summed E-state index contributed by atoms with van der Waals surface area (Å²) >= 11 is 0. The van der Waals surface area contributed by atoms with Crippen LogP contribution in [0.25, 0.3) is 11.0 Å². The van der Waals surface area contributed by atoms with Gasteiger partial charge in [-0.05, 0) is 12.8 Å². The van der Waals surface area contributed by atoms with E-state index in [1.54, 1.807) is 17.9 Å². The summed E-state index contributed by atoms with van der Waals surface area (Å²) in [5.41, 5.74) is 0.417. The molecular formula is C13H20N6O. The summed E-state index contributed by atoms with van der Waals surface area (Å²) in [6, 6.07) is 0.592. The molecule has 2 aromatic heterocycles. The Balaban J connectivity index is 1.65. The van der Waals surface area contributed by atoms with Crippen LogP contribution in [0.1, 0.15) is 32.1 Å². The second kappa shape index (κ2) is 5.70.